The molecule has 5 saturated carbocycles. The standard InChI is InChI=1S/C42H64O6/c1-11-12-25-47-33(43)18-22-42-21-15-28(27(2)3)35(42)29-13-14-31-39(8)19-17-32(48-34(44)26-37(4,5)36(45)46)38(6,7)30(39)16-20-41(31,10)40(29,9)23-24-42/h1,28-32,35H,2,12-26H2,3-10H3,(H,45,46)/t28-,29+,30-,31+,32-,35+,39-,40+,41+,42-/m0/s1. The summed E-state index contributed by atoms with van der Waals surface area (Å²) in [5.41, 5.74) is 0.704. The van der Waals surface area contributed by atoms with Gasteiger partial charge >= 0.3 is 17.9 Å². The van der Waals surface area contributed by atoms with E-state index in [4.69, 9.17) is 15.9 Å². The van der Waals surface area contributed by atoms with Crippen molar-refractivity contribution in [2.45, 2.75) is 151 Å². The van der Waals surface area contributed by atoms with Gasteiger partial charge in [-0.05, 0) is 143 Å². The third-order valence-corrected chi connectivity index (χ3v) is 16.0. The van der Waals surface area contributed by atoms with Crippen LogP contribution in [-0.4, -0.2) is 35.7 Å². The van der Waals surface area contributed by atoms with Crippen molar-refractivity contribution in [3.05, 3.63) is 12.2 Å². The van der Waals surface area contributed by atoms with Crippen molar-refractivity contribution in [1.82, 2.24) is 0 Å². The highest BCUT2D eigenvalue weighted by atomic mass is 16.5. The first-order valence-electron chi connectivity index (χ1n) is 19.0. The van der Waals surface area contributed by atoms with Crippen molar-refractivity contribution >= 4 is 17.9 Å². The number of carboxylic acid groups (broad SMARTS) is 1. The summed E-state index contributed by atoms with van der Waals surface area (Å²) in [6.07, 6.45) is 18.2. The number of terminal acetylenes is 1. The van der Waals surface area contributed by atoms with E-state index in [9.17, 15) is 19.5 Å². The van der Waals surface area contributed by atoms with Crippen LogP contribution in [0.4, 0.5) is 0 Å². The van der Waals surface area contributed by atoms with Crippen LogP contribution >= 0.6 is 0 Å². The number of aliphatic carboxylic acids is 1. The zero-order chi connectivity index (χ0) is 35.5. The number of rotatable bonds is 10. The Labute approximate surface area is 290 Å². The highest BCUT2D eigenvalue weighted by Gasteiger charge is 2.71. The number of carbonyl (C=O) groups excluding carboxylic acids is 2. The monoisotopic (exact) mass is 664 g/mol. The summed E-state index contributed by atoms with van der Waals surface area (Å²) in [5.74, 6) is 3.78. The lowest BCUT2D eigenvalue weighted by Gasteiger charge is -2.73. The van der Waals surface area contributed by atoms with Crippen molar-refractivity contribution < 1.29 is 29.0 Å². The molecule has 10 atom stereocenters. The topological polar surface area (TPSA) is 89.9 Å². The van der Waals surface area contributed by atoms with E-state index < -0.39 is 17.4 Å². The van der Waals surface area contributed by atoms with Crippen LogP contribution in [0.2, 0.25) is 0 Å². The van der Waals surface area contributed by atoms with Crippen LogP contribution in [0.25, 0.3) is 0 Å². The van der Waals surface area contributed by atoms with Crippen molar-refractivity contribution in [2.24, 2.45) is 62.1 Å². The molecule has 0 aromatic rings. The molecule has 5 aliphatic rings. The molecule has 0 radical (unpaired) electrons. The van der Waals surface area contributed by atoms with Crippen molar-refractivity contribution in [3.63, 3.8) is 0 Å². The summed E-state index contributed by atoms with van der Waals surface area (Å²) in [6.45, 7) is 22.7. The fourth-order valence-electron chi connectivity index (χ4n) is 13.2. The number of hydrogen-bond donors (Lipinski definition) is 1. The highest BCUT2D eigenvalue weighted by Crippen LogP contribution is 2.78. The quantitative estimate of drug-likeness (QED) is 0.108. The number of carboxylic acids is 1. The molecule has 5 fully saturated rings. The van der Waals surface area contributed by atoms with Crippen LogP contribution < -0.4 is 0 Å². The van der Waals surface area contributed by atoms with E-state index in [0.29, 0.717) is 49.0 Å². The van der Waals surface area contributed by atoms with E-state index in [2.05, 4.69) is 54.0 Å². The van der Waals surface area contributed by atoms with Crippen molar-refractivity contribution in [1.29, 1.82) is 0 Å². The Hall–Kier alpha value is -2.29. The van der Waals surface area contributed by atoms with Gasteiger partial charge in [0.1, 0.15) is 12.7 Å². The third-order valence-electron chi connectivity index (χ3n) is 16.0. The molecule has 0 aromatic heterocycles. The number of allylic oxidation sites excluding steroid dienone is 1. The van der Waals surface area contributed by atoms with E-state index in [1.165, 1.54) is 50.5 Å². The lowest BCUT2D eigenvalue weighted by atomic mass is 9.32. The first-order valence-corrected chi connectivity index (χ1v) is 19.0. The largest absolute Gasteiger partial charge is 0.481 e. The smallest absolute Gasteiger partial charge is 0.309 e. The second-order valence-electron chi connectivity index (χ2n) is 18.9. The van der Waals surface area contributed by atoms with E-state index >= 15 is 0 Å². The fraction of sp³-hybridized carbons (Fsp3) is 0.833. The average Bonchev–Trinajstić information content (AvgIpc) is 3.38. The van der Waals surface area contributed by atoms with Gasteiger partial charge in [-0.2, -0.15) is 0 Å². The van der Waals surface area contributed by atoms with Crippen LogP contribution in [0.3, 0.4) is 0 Å². The van der Waals surface area contributed by atoms with E-state index in [-0.39, 0.29) is 45.6 Å². The molecule has 5 rings (SSSR count). The molecule has 0 saturated heterocycles. The Morgan fingerprint density at radius 3 is 2.25 bits per heavy atom. The molecule has 0 unspecified atom stereocenters. The maximum Gasteiger partial charge on any atom is 0.309 e. The summed E-state index contributed by atoms with van der Waals surface area (Å²) in [6, 6.07) is 0. The molecule has 0 heterocycles. The van der Waals surface area contributed by atoms with Gasteiger partial charge in [0.05, 0.1) is 11.8 Å². The first kappa shape index (κ1) is 37.0. The second-order valence-corrected chi connectivity index (χ2v) is 18.9. The van der Waals surface area contributed by atoms with Gasteiger partial charge in [0, 0.05) is 18.3 Å². The molecule has 48 heavy (non-hydrogen) atoms. The fourth-order valence-corrected chi connectivity index (χ4v) is 13.2. The van der Waals surface area contributed by atoms with Gasteiger partial charge in [-0.3, -0.25) is 14.4 Å². The van der Waals surface area contributed by atoms with Crippen LogP contribution in [0.5, 0.6) is 0 Å². The van der Waals surface area contributed by atoms with Crippen molar-refractivity contribution in [2.75, 3.05) is 6.61 Å². The van der Waals surface area contributed by atoms with Crippen LogP contribution in [-0.2, 0) is 23.9 Å². The predicted octanol–water partition coefficient (Wildman–Crippen LogP) is 9.40. The number of fused-ring (bicyclic) bond motifs is 7. The zero-order valence-corrected chi connectivity index (χ0v) is 31.3. The molecule has 0 bridgehead atoms. The maximum absolute atomic E-state index is 13.0. The van der Waals surface area contributed by atoms with Gasteiger partial charge in [0.2, 0.25) is 0 Å². The van der Waals surface area contributed by atoms with Crippen molar-refractivity contribution in [3.8, 4) is 12.3 Å². The molecule has 0 aliphatic heterocycles. The minimum atomic E-state index is -1.14. The molecule has 1 N–H and O–H groups in total. The zero-order valence-electron chi connectivity index (χ0n) is 31.3. The average molecular weight is 665 g/mol. The molecular formula is C42H64O6. The van der Waals surface area contributed by atoms with E-state index in [1.54, 1.807) is 13.8 Å². The first-order chi connectivity index (χ1) is 22.3. The van der Waals surface area contributed by atoms with Crippen LogP contribution in [0, 0.1) is 74.4 Å². The van der Waals surface area contributed by atoms with Crippen LogP contribution in [0.1, 0.15) is 145 Å². The predicted molar refractivity (Wildman–Crippen MR) is 189 cm³/mol. The number of hydrogen-bond acceptors (Lipinski definition) is 5. The molecule has 0 aromatic carbocycles. The second kappa shape index (κ2) is 12.8. The number of ether oxygens (including phenoxy) is 2. The van der Waals surface area contributed by atoms with Gasteiger partial charge < -0.3 is 14.6 Å². The summed E-state index contributed by atoms with van der Waals surface area (Å²) < 4.78 is 11.7. The molecule has 5 aliphatic carbocycles. The number of carbonyl (C=O) groups is 3. The molecular weight excluding hydrogens is 600 g/mol. The molecule has 6 nitrogen and oxygen atoms in total. The lowest BCUT2D eigenvalue weighted by molar-refractivity contribution is -0.250. The maximum atomic E-state index is 13.0. The van der Waals surface area contributed by atoms with Gasteiger partial charge in [-0.15, -0.1) is 12.3 Å². The Morgan fingerprint density at radius 2 is 1.60 bits per heavy atom. The van der Waals surface area contributed by atoms with E-state index in [1.807, 2.05) is 0 Å². The van der Waals surface area contributed by atoms with E-state index in [0.717, 1.165) is 25.7 Å². The third kappa shape index (κ3) is 5.85. The Bertz CT molecular complexity index is 1340. The minimum Gasteiger partial charge on any atom is -0.481 e. The molecule has 0 amide bonds. The Kier molecular flexibility index (Phi) is 9.86. The summed E-state index contributed by atoms with van der Waals surface area (Å²) >= 11 is 0. The van der Waals surface area contributed by atoms with Gasteiger partial charge in [0.25, 0.3) is 0 Å². The van der Waals surface area contributed by atoms with Crippen LogP contribution in [0.15, 0.2) is 12.2 Å². The normalized spacial score (nSPS) is 41.4. The molecule has 6 heteroatoms. The molecule has 268 valence electrons. The number of esters is 2. The molecule has 0 spiro atoms. The Balaban J connectivity index is 1.37. The SMILES string of the molecule is C#CCCOC(=O)CC[C@]12CC[C@@H](C(=C)C)[C@@H]1[C@H]1CC[C@@H]3[C@@]4(C)CC[C@H](OC(=O)CC(C)(C)C(=O)O)C(C)(C)[C@@H]4CC[C@@]3(C)[C@]1(C)CC2. The minimum absolute atomic E-state index is 0.109. The summed E-state index contributed by atoms with van der Waals surface area (Å²) in [7, 11) is 0. The van der Waals surface area contributed by atoms with Gasteiger partial charge in [0.15, 0.2) is 0 Å². The van der Waals surface area contributed by atoms with Gasteiger partial charge in [-0.1, -0.05) is 46.8 Å². The highest BCUT2D eigenvalue weighted by molar-refractivity contribution is 5.81. The Morgan fingerprint density at radius 1 is 0.896 bits per heavy atom. The lowest BCUT2D eigenvalue weighted by Crippen LogP contribution is -2.66. The summed E-state index contributed by atoms with van der Waals surface area (Å²) in [5, 5.41) is 9.58. The van der Waals surface area contributed by atoms with Gasteiger partial charge in [-0.25, -0.2) is 0 Å². The summed E-state index contributed by atoms with van der Waals surface area (Å²) in [4.78, 5) is 37.5.